The number of benzene rings is 2. The number of nitrogens with two attached hydrogens (primary N) is 1. The van der Waals surface area contributed by atoms with E-state index in [0.717, 1.165) is 31.9 Å². The molecule has 0 aliphatic heterocycles. The zero-order chi connectivity index (χ0) is 18.2. The van der Waals surface area contributed by atoms with Crippen molar-refractivity contribution in [2.24, 2.45) is 0 Å². The summed E-state index contributed by atoms with van der Waals surface area (Å²) in [6.07, 6.45) is 2.59. The molecule has 0 saturated heterocycles. The molecule has 0 fully saturated rings. The Kier molecular flexibility index (Phi) is 6.04. The zero-order valence-corrected chi connectivity index (χ0v) is 15.1. The van der Waals surface area contributed by atoms with Crippen LogP contribution >= 0.6 is 0 Å². The molecule has 2 aromatic carbocycles. The van der Waals surface area contributed by atoms with Crippen LogP contribution in [0.4, 0.5) is 17.3 Å². The Bertz CT molecular complexity index is 764. The normalized spacial score (nSPS) is 10.5. The smallest absolute Gasteiger partial charge is 0.158 e. The first-order chi connectivity index (χ1) is 12.8. The maximum atomic E-state index is 6.40. The van der Waals surface area contributed by atoms with Crippen molar-refractivity contribution in [2.75, 3.05) is 22.5 Å². The highest BCUT2D eigenvalue weighted by Gasteiger charge is 2.16. The standard InChI is InChI=1S/C21H25N5/c1-2-13-23-20-19(22)21(25-16-24-20)26(14-17-9-5-3-6-10-17)15-18-11-7-4-8-12-18/h3-12,16H,2,13-15,22H2,1H3,(H,23,24,25). The van der Waals surface area contributed by atoms with Gasteiger partial charge in [-0.2, -0.15) is 0 Å². The molecule has 0 amide bonds. The number of aromatic nitrogens is 2. The lowest BCUT2D eigenvalue weighted by Crippen LogP contribution is -2.25. The SMILES string of the molecule is CCCNc1ncnc(N(Cc2ccccc2)Cc2ccccc2)c1N. The van der Waals surface area contributed by atoms with Crippen LogP contribution in [-0.4, -0.2) is 16.5 Å². The van der Waals surface area contributed by atoms with Crippen molar-refractivity contribution in [3.63, 3.8) is 0 Å². The maximum Gasteiger partial charge on any atom is 0.158 e. The van der Waals surface area contributed by atoms with Crippen LogP contribution < -0.4 is 16.0 Å². The van der Waals surface area contributed by atoms with Crippen molar-refractivity contribution in [3.8, 4) is 0 Å². The van der Waals surface area contributed by atoms with Crippen LogP contribution in [0.1, 0.15) is 24.5 Å². The molecule has 0 bridgehead atoms. The minimum absolute atomic E-state index is 0.591. The van der Waals surface area contributed by atoms with Gasteiger partial charge < -0.3 is 16.0 Å². The predicted octanol–water partition coefficient (Wildman–Crippen LogP) is 4.09. The Morgan fingerprint density at radius 2 is 1.46 bits per heavy atom. The largest absolute Gasteiger partial charge is 0.393 e. The molecule has 0 aliphatic rings. The fourth-order valence-corrected chi connectivity index (χ4v) is 2.84. The van der Waals surface area contributed by atoms with Gasteiger partial charge in [-0.1, -0.05) is 67.6 Å². The average molecular weight is 347 g/mol. The third-order valence-electron chi connectivity index (χ3n) is 4.14. The van der Waals surface area contributed by atoms with E-state index in [0.29, 0.717) is 11.5 Å². The molecule has 5 nitrogen and oxygen atoms in total. The van der Waals surface area contributed by atoms with Crippen molar-refractivity contribution in [2.45, 2.75) is 26.4 Å². The minimum Gasteiger partial charge on any atom is -0.393 e. The summed E-state index contributed by atoms with van der Waals surface area (Å²) in [5, 5.41) is 3.28. The van der Waals surface area contributed by atoms with Crippen molar-refractivity contribution in [1.29, 1.82) is 0 Å². The molecule has 3 N–H and O–H groups in total. The molecular weight excluding hydrogens is 322 g/mol. The van der Waals surface area contributed by atoms with Crippen LogP contribution in [0.3, 0.4) is 0 Å². The van der Waals surface area contributed by atoms with E-state index in [4.69, 9.17) is 5.73 Å². The number of nitrogen functional groups attached to an aromatic ring is 1. The number of nitrogens with zero attached hydrogens (tertiary/aromatic N) is 3. The summed E-state index contributed by atoms with van der Waals surface area (Å²) in [5.74, 6) is 1.45. The van der Waals surface area contributed by atoms with Gasteiger partial charge >= 0.3 is 0 Å². The lowest BCUT2D eigenvalue weighted by atomic mass is 10.1. The monoisotopic (exact) mass is 347 g/mol. The molecule has 26 heavy (non-hydrogen) atoms. The maximum absolute atomic E-state index is 6.40. The van der Waals surface area contributed by atoms with Crippen LogP contribution in [-0.2, 0) is 13.1 Å². The summed E-state index contributed by atoms with van der Waals surface area (Å²) in [6, 6.07) is 20.7. The number of hydrogen-bond acceptors (Lipinski definition) is 5. The van der Waals surface area contributed by atoms with Gasteiger partial charge in [0.1, 0.15) is 12.0 Å². The fourth-order valence-electron chi connectivity index (χ4n) is 2.84. The summed E-state index contributed by atoms with van der Waals surface area (Å²) in [5.41, 5.74) is 9.42. The Morgan fingerprint density at radius 3 is 2.00 bits per heavy atom. The van der Waals surface area contributed by atoms with Crippen molar-refractivity contribution in [1.82, 2.24) is 9.97 Å². The van der Waals surface area contributed by atoms with Crippen LogP contribution in [0.2, 0.25) is 0 Å². The van der Waals surface area contributed by atoms with E-state index in [-0.39, 0.29) is 0 Å². The molecule has 0 aliphatic carbocycles. The van der Waals surface area contributed by atoms with Crippen molar-refractivity contribution in [3.05, 3.63) is 78.1 Å². The van der Waals surface area contributed by atoms with E-state index in [1.54, 1.807) is 6.33 Å². The van der Waals surface area contributed by atoms with E-state index in [2.05, 4.69) is 51.4 Å². The lowest BCUT2D eigenvalue weighted by molar-refractivity contribution is 0.782. The van der Waals surface area contributed by atoms with Crippen molar-refractivity contribution < 1.29 is 0 Å². The van der Waals surface area contributed by atoms with E-state index in [1.165, 1.54) is 11.1 Å². The topological polar surface area (TPSA) is 67.1 Å². The van der Waals surface area contributed by atoms with E-state index in [1.807, 2.05) is 36.4 Å². The molecule has 0 radical (unpaired) electrons. The average Bonchev–Trinajstić information content (AvgIpc) is 2.68. The molecule has 5 heteroatoms. The molecule has 1 heterocycles. The quantitative estimate of drug-likeness (QED) is 0.642. The van der Waals surface area contributed by atoms with Crippen LogP contribution in [0.25, 0.3) is 0 Å². The van der Waals surface area contributed by atoms with Gasteiger partial charge in [0.2, 0.25) is 0 Å². The third kappa shape index (κ3) is 4.51. The van der Waals surface area contributed by atoms with E-state index in [9.17, 15) is 0 Å². The number of rotatable bonds is 8. The first-order valence-corrected chi connectivity index (χ1v) is 8.95. The first kappa shape index (κ1) is 17.7. The zero-order valence-electron chi connectivity index (χ0n) is 15.1. The van der Waals surface area contributed by atoms with Gasteiger partial charge in [-0.15, -0.1) is 0 Å². The van der Waals surface area contributed by atoms with Crippen LogP contribution in [0, 0.1) is 0 Å². The van der Waals surface area contributed by atoms with Gasteiger partial charge in [0.05, 0.1) is 0 Å². The second-order valence-corrected chi connectivity index (χ2v) is 6.21. The van der Waals surface area contributed by atoms with Gasteiger partial charge in [0.15, 0.2) is 11.6 Å². The Balaban J connectivity index is 1.92. The Labute approximate surface area is 154 Å². The van der Waals surface area contributed by atoms with Crippen LogP contribution in [0.5, 0.6) is 0 Å². The number of nitrogens with one attached hydrogen (secondary N) is 1. The molecule has 3 aromatic rings. The van der Waals surface area contributed by atoms with Gasteiger partial charge in [-0.05, 0) is 17.5 Å². The molecule has 3 rings (SSSR count). The molecule has 1 aromatic heterocycles. The molecule has 134 valence electrons. The summed E-state index contributed by atoms with van der Waals surface area (Å²) in [4.78, 5) is 11.0. The van der Waals surface area contributed by atoms with E-state index < -0.39 is 0 Å². The number of hydrogen-bond donors (Lipinski definition) is 2. The molecular formula is C21H25N5. The lowest BCUT2D eigenvalue weighted by Gasteiger charge is -2.26. The van der Waals surface area contributed by atoms with Gasteiger partial charge in [0.25, 0.3) is 0 Å². The number of anilines is 3. The molecule has 0 spiro atoms. The summed E-state index contributed by atoms with van der Waals surface area (Å²) < 4.78 is 0. The summed E-state index contributed by atoms with van der Waals surface area (Å²) >= 11 is 0. The van der Waals surface area contributed by atoms with Gasteiger partial charge in [-0.25, -0.2) is 9.97 Å². The second kappa shape index (κ2) is 8.85. The van der Waals surface area contributed by atoms with Crippen molar-refractivity contribution >= 4 is 17.3 Å². The van der Waals surface area contributed by atoms with Gasteiger partial charge in [0, 0.05) is 19.6 Å². The summed E-state index contributed by atoms with van der Waals surface area (Å²) in [7, 11) is 0. The summed E-state index contributed by atoms with van der Waals surface area (Å²) in [6.45, 7) is 4.40. The van der Waals surface area contributed by atoms with Crippen LogP contribution in [0.15, 0.2) is 67.0 Å². The Hall–Kier alpha value is -3.08. The van der Waals surface area contributed by atoms with Gasteiger partial charge in [-0.3, -0.25) is 0 Å². The highest BCUT2D eigenvalue weighted by molar-refractivity contribution is 5.75. The molecule has 0 saturated carbocycles. The second-order valence-electron chi connectivity index (χ2n) is 6.21. The predicted molar refractivity (Wildman–Crippen MR) is 108 cm³/mol. The fraction of sp³-hybridized carbons (Fsp3) is 0.238. The highest BCUT2D eigenvalue weighted by Crippen LogP contribution is 2.28. The molecule has 0 unspecified atom stereocenters. The highest BCUT2D eigenvalue weighted by atomic mass is 15.2. The van der Waals surface area contributed by atoms with E-state index >= 15 is 0 Å². The first-order valence-electron chi connectivity index (χ1n) is 8.95. The minimum atomic E-state index is 0.591. The molecule has 0 atom stereocenters. The Morgan fingerprint density at radius 1 is 0.885 bits per heavy atom. The third-order valence-corrected chi connectivity index (χ3v) is 4.14.